The molecule has 0 heterocycles. The molecule has 92 valence electrons. The van der Waals surface area contributed by atoms with Crippen molar-refractivity contribution in [3.05, 3.63) is 0 Å². The van der Waals surface area contributed by atoms with Gasteiger partial charge in [-0.25, -0.2) is 0 Å². The zero-order valence-electron chi connectivity index (χ0n) is 10.5. The third-order valence-corrected chi connectivity index (χ3v) is 2.31. The minimum absolute atomic E-state index is 0.604. The largest absolute Gasteiger partial charge is 0.389 e. The Balaban J connectivity index is 3.40. The number of hydrogen-bond acceptors (Lipinski definition) is 4. The van der Waals surface area contributed by atoms with Crippen molar-refractivity contribution in [1.82, 2.24) is 10.2 Å². The van der Waals surface area contributed by atoms with Crippen LogP contribution in [0.15, 0.2) is 0 Å². The van der Waals surface area contributed by atoms with E-state index < -0.39 is 5.60 Å². The molecular formula is C11H26N2O2. The maximum atomic E-state index is 9.90. The molecule has 0 aromatic carbocycles. The van der Waals surface area contributed by atoms with Crippen LogP contribution in [0, 0.1) is 0 Å². The van der Waals surface area contributed by atoms with E-state index in [2.05, 4.69) is 24.3 Å². The predicted molar refractivity (Wildman–Crippen MR) is 63.2 cm³/mol. The molecule has 0 spiro atoms. The summed E-state index contributed by atoms with van der Waals surface area (Å²) < 4.78 is 4.94. The lowest BCUT2D eigenvalue weighted by Gasteiger charge is -2.23. The first-order valence-corrected chi connectivity index (χ1v) is 5.55. The van der Waals surface area contributed by atoms with Crippen LogP contribution < -0.4 is 5.32 Å². The Hall–Kier alpha value is -0.160. The molecule has 0 aliphatic carbocycles. The molecule has 0 fully saturated rings. The highest BCUT2D eigenvalue weighted by Gasteiger charge is 2.18. The van der Waals surface area contributed by atoms with Gasteiger partial charge in [-0.1, -0.05) is 0 Å². The molecule has 2 N–H and O–H groups in total. The van der Waals surface area contributed by atoms with Gasteiger partial charge in [0.15, 0.2) is 0 Å². The van der Waals surface area contributed by atoms with E-state index in [1.165, 1.54) is 0 Å². The second kappa shape index (κ2) is 8.05. The zero-order chi connectivity index (χ0) is 11.7. The van der Waals surface area contributed by atoms with Gasteiger partial charge >= 0.3 is 0 Å². The molecular weight excluding hydrogens is 192 g/mol. The maximum absolute atomic E-state index is 9.90. The van der Waals surface area contributed by atoms with Crippen molar-refractivity contribution in [2.75, 3.05) is 47.4 Å². The van der Waals surface area contributed by atoms with Crippen molar-refractivity contribution >= 4 is 0 Å². The quantitative estimate of drug-likeness (QED) is 0.547. The van der Waals surface area contributed by atoms with Crippen molar-refractivity contribution in [2.45, 2.75) is 25.4 Å². The topological polar surface area (TPSA) is 44.7 Å². The highest BCUT2D eigenvalue weighted by molar-refractivity contribution is 4.75. The summed E-state index contributed by atoms with van der Waals surface area (Å²) in [6.07, 6.45) is 1.78. The van der Waals surface area contributed by atoms with Crippen LogP contribution >= 0.6 is 0 Å². The zero-order valence-corrected chi connectivity index (χ0v) is 10.5. The molecule has 4 heteroatoms. The summed E-state index contributed by atoms with van der Waals surface area (Å²) in [5.74, 6) is 0. The second-order valence-corrected chi connectivity index (χ2v) is 4.57. The standard InChI is InChI=1S/C11H26N2O2/c1-11(14,6-9-15-4)10-12-7-5-8-13(2)3/h12,14H,5-10H2,1-4H3. The summed E-state index contributed by atoms with van der Waals surface area (Å²) in [7, 11) is 5.78. The Kier molecular flexibility index (Phi) is 7.96. The molecule has 1 atom stereocenters. The van der Waals surface area contributed by atoms with Crippen molar-refractivity contribution < 1.29 is 9.84 Å². The Morgan fingerprint density at radius 2 is 2.07 bits per heavy atom. The molecule has 0 rings (SSSR count). The van der Waals surface area contributed by atoms with Crippen LogP contribution in [0.4, 0.5) is 0 Å². The molecule has 0 aromatic rings. The average molecular weight is 218 g/mol. The van der Waals surface area contributed by atoms with E-state index in [-0.39, 0.29) is 0 Å². The molecule has 0 saturated carbocycles. The number of nitrogens with zero attached hydrogens (tertiary/aromatic N) is 1. The molecule has 15 heavy (non-hydrogen) atoms. The Bertz CT molecular complexity index is 150. The fourth-order valence-corrected chi connectivity index (χ4v) is 1.29. The number of aliphatic hydroxyl groups is 1. The van der Waals surface area contributed by atoms with Gasteiger partial charge < -0.3 is 20.1 Å². The maximum Gasteiger partial charge on any atom is 0.0765 e. The lowest BCUT2D eigenvalue weighted by molar-refractivity contribution is 0.0250. The third-order valence-electron chi connectivity index (χ3n) is 2.31. The summed E-state index contributed by atoms with van der Waals surface area (Å²) in [5, 5.41) is 13.2. The molecule has 0 radical (unpaired) electrons. The molecule has 0 aromatic heterocycles. The van der Waals surface area contributed by atoms with E-state index in [1.807, 2.05) is 6.92 Å². The van der Waals surface area contributed by atoms with Gasteiger partial charge in [0, 0.05) is 26.7 Å². The molecule has 1 unspecified atom stereocenters. The molecule has 0 amide bonds. The van der Waals surface area contributed by atoms with Gasteiger partial charge in [0.05, 0.1) is 5.60 Å². The highest BCUT2D eigenvalue weighted by Crippen LogP contribution is 2.07. The van der Waals surface area contributed by atoms with E-state index in [0.717, 1.165) is 19.5 Å². The van der Waals surface area contributed by atoms with Crippen LogP contribution in [-0.2, 0) is 4.74 Å². The van der Waals surface area contributed by atoms with Gasteiger partial charge in [-0.15, -0.1) is 0 Å². The van der Waals surface area contributed by atoms with Crippen molar-refractivity contribution in [3.63, 3.8) is 0 Å². The highest BCUT2D eigenvalue weighted by atomic mass is 16.5. The smallest absolute Gasteiger partial charge is 0.0765 e. The number of rotatable bonds is 9. The normalized spacial score (nSPS) is 15.6. The minimum atomic E-state index is -0.659. The van der Waals surface area contributed by atoms with Gasteiger partial charge in [0.25, 0.3) is 0 Å². The SMILES string of the molecule is COCCC(C)(O)CNCCCN(C)C. The van der Waals surface area contributed by atoms with Crippen LogP contribution in [0.2, 0.25) is 0 Å². The predicted octanol–water partition coefficient (Wildman–Crippen LogP) is 0.315. The summed E-state index contributed by atoms with van der Waals surface area (Å²) in [6, 6.07) is 0. The van der Waals surface area contributed by atoms with Gasteiger partial charge in [0.1, 0.15) is 0 Å². The number of hydrogen-bond donors (Lipinski definition) is 2. The van der Waals surface area contributed by atoms with Gasteiger partial charge in [0.2, 0.25) is 0 Å². The van der Waals surface area contributed by atoms with E-state index in [0.29, 0.717) is 19.6 Å². The summed E-state index contributed by atoms with van der Waals surface area (Å²) in [5.41, 5.74) is -0.659. The van der Waals surface area contributed by atoms with Gasteiger partial charge in [-0.2, -0.15) is 0 Å². The Morgan fingerprint density at radius 3 is 2.60 bits per heavy atom. The third kappa shape index (κ3) is 10.1. The number of methoxy groups -OCH3 is 1. The summed E-state index contributed by atoms with van der Waals surface area (Å²) in [6.45, 7) is 5.09. The van der Waals surface area contributed by atoms with Gasteiger partial charge in [-0.3, -0.25) is 0 Å². The van der Waals surface area contributed by atoms with E-state index in [1.54, 1.807) is 7.11 Å². The first-order valence-electron chi connectivity index (χ1n) is 5.55. The molecule has 4 nitrogen and oxygen atoms in total. The Labute approximate surface area is 93.6 Å². The lowest BCUT2D eigenvalue weighted by atomic mass is 10.0. The van der Waals surface area contributed by atoms with Crippen molar-refractivity contribution in [1.29, 1.82) is 0 Å². The second-order valence-electron chi connectivity index (χ2n) is 4.57. The number of nitrogens with one attached hydrogen (secondary N) is 1. The molecule has 0 bridgehead atoms. The van der Waals surface area contributed by atoms with Crippen molar-refractivity contribution in [2.24, 2.45) is 0 Å². The fraction of sp³-hybridized carbons (Fsp3) is 1.00. The molecule has 0 aliphatic heterocycles. The average Bonchev–Trinajstić information content (AvgIpc) is 2.14. The number of ether oxygens (including phenoxy) is 1. The first kappa shape index (κ1) is 14.8. The minimum Gasteiger partial charge on any atom is -0.389 e. The summed E-state index contributed by atoms with van der Waals surface area (Å²) >= 11 is 0. The van der Waals surface area contributed by atoms with Crippen LogP contribution in [0.5, 0.6) is 0 Å². The van der Waals surface area contributed by atoms with E-state index in [4.69, 9.17) is 4.74 Å². The first-order chi connectivity index (χ1) is 6.98. The van der Waals surface area contributed by atoms with E-state index >= 15 is 0 Å². The summed E-state index contributed by atoms with van der Waals surface area (Å²) in [4.78, 5) is 2.16. The van der Waals surface area contributed by atoms with Crippen LogP contribution in [0.1, 0.15) is 19.8 Å². The van der Waals surface area contributed by atoms with Crippen LogP contribution in [0.3, 0.4) is 0 Å². The molecule has 0 aliphatic rings. The fourth-order valence-electron chi connectivity index (χ4n) is 1.29. The van der Waals surface area contributed by atoms with Crippen LogP contribution in [-0.4, -0.2) is 63.1 Å². The van der Waals surface area contributed by atoms with Crippen LogP contribution in [0.25, 0.3) is 0 Å². The monoisotopic (exact) mass is 218 g/mol. The Morgan fingerprint density at radius 1 is 1.40 bits per heavy atom. The van der Waals surface area contributed by atoms with Gasteiger partial charge in [-0.05, 0) is 40.5 Å². The van der Waals surface area contributed by atoms with E-state index in [9.17, 15) is 5.11 Å². The lowest BCUT2D eigenvalue weighted by Crippen LogP contribution is -2.39. The molecule has 0 saturated heterocycles. The van der Waals surface area contributed by atoms with Crippen molar-refractivity contribution in [3.8, 4) is 0 Å².